The highest BCUT2D eigenvalue weighted by atomic mass is 32.2. The van der Waals surface area contributed by atoms with E-state index in [-0.39, 0.29) is 19.5 Å². The van der Waals surface area contributed by atoms with Gasteiger partial charge in [-0.2, -0.15) is 14.7 Å². The Bertz CT molecular complexity index is 1340. The van der Waals surface area contributed by atoms with E-state index in [9.17, 15) is 13.7 Å². The minimum atomic E-state index is -3.36. The number of nitrogens with zero attached hydrogens (tertiary/aromatic N) is 6. The number of nitriles is 1. The maximum absolute atomic E-state index is 12.6. The maximum atomic E-state index is 12.6. The van der Waals surface area contributed by atoms with Crippen LogP contribution in [0.4, 0.5) is 0 Å². The van der Waals surface area contributed by atoms with E-state index in [1.165, 1.54) is 4.31 Å². The minimum Gasteiger partial charge on any atom is -0.361 e. The molecule has 4 rings (SSSR count). The van der Waals surface area contributed by atoms with Gasteiger partial charge in [0.25, 0.3) is 0 Å². The second kappa shape index (κ2) is 9.50. The molecule has 0 atom stereocenters. The van der Waals surface area contributed by atoms with Gasteiger partial charge in [0.1, 0.15) is 17.9 Å². The van der Waals surface area contributed by atoms with Gasteiger partial charge in [-0.25, -0.2) is 13.4 Å². The number of rotatable bonds is 10. The number of aromatic nitrogens is 4. The van der Waals surface area contributed by atoms with Gasteiger partial charge < -0.3 is 9.30 Å². The SMILES string of the molecule is CC(C)S(=O)(=O)N1CC(CC#N)(n2cc(-c3ccnc4c3ccn4COCC[Si](C)(C)C)cn2)C1. The van der Waals surface area contributed by atoms with Crippen molar-refractivity contribution in [2.24, 2.45) is 0 Å². The van der Waals surface area contributed by atoms with Gasteiger partial charge in [-0.05, 0) is 37.6 Å². The van der Waals surface area contributed by atoms with Crippen LogP contribution in [0.5, 0.6) is 0 Å². The summed E-state index contributed by atoms with van der Waals surface area (Å²) in [5.41, 5.74) is 2.07. The van der Waals surface area contributed by atoms with E-state index in [0.717, 1.165) is 34.8 Å². The van der Waals surface area contributed by atoms with Gasteiger partial charge in [-0.15, -0.1) is 0 Å². The molecule has 3 aromatic rings. The highest BCUT2D eigenvalue weighted by molar-refractivity contribution is 7.89. The van der Waals surface area contributed by atoms with Gasteiger partial charge >= 0.3 is 0 Å². The van der Waals surface area contributed by atoms with Crippen molar-refractivity contribution in [3.05, 3.63) is 36.9 Å². The fourth-order valence-corrected chi connectivity index (χ4v) is 6.48. The molecule has 0 amide bonds. The molecule has 0 spiro atoms. The molecule has 0 aromatic carbocycles. The average Bonchev–Trinajstić information content (AvgIpc) is 3.40. The molecule has 0 aliphatic carbocycles. The van der Waals surface area contributed by atoms with Crippen molar-refractivity contribution in [2.45, 2.75) is 63.5 Å². The number of fused-ring (bicyclic) bond motifs is 1. The molecule has 35 heavy (non-hydrogen) atoms. The Kier molecular flexibility index (Phi) is 6.94. The zero-order valence-electron chi connectivity index (χ0n) is 21.1. The summed E-state index contributed by atoms with van der Waals surface area (Å²) >= 11 is 0. The van der Waals surface area contributed by atoms with Gasteiger partial charge in [0, 0.05) is 57.3 Å². The monoisotopic (exact) mass is 514 g/mol. The zero-order valence-corrected chi connectivity index (χ0v) is 22.9. The van der Waals surface area contributed by atoms with Crippen molar-refractivity contribution in [1.82, 2.24) is 23.6 Å². The average molecular weight is 515 g/mol. The van der Waals surface area contributed by atoms with Crippen LogP contribution in [0.1, 0.15) is 20.3 Å². The number of ether oxygens (including phenoxy) is 1. The van der Waals surface area contributed by atoms with Crippen LogP contribution in [0.3, 0.4) is 0 Å². The van der Waals surface area contributed by atoms with Gasteiger partial charge in [-0.3, -0.25) is 4.68 Å². The van der Waals surface area contributed by atoms with Crippen molar-refractivity contribution in [3.63, 3.8) is 0 Å². The summed E-state index contributed by atoms with van der Waals surface area (Å²) in [7, 11) is -4.50. The van der Waals surface area contributed by atoms with Gasteiger partial charge in [-0.1, -0.05) is 19.6 Å². The smallest absolute Gasteiger partial charge is 0.216 e. The highest BCUT2D eigenvalue weighted by Gasteiger charge is 2.50. The van der Waals surface area contributed by atoms with E-state index >= 15 is 0 Å². The number of hydrogen-bond acceptors (Lipinski definition) is 6. The molecule has 0 unspecified atom stereocenters. The first-order valence-corrected chi connectivity index (χ1v) is 17.1. The van der Waals surface area contributed by atoms with E-state index in [1.807, 2.05) is 29.1 Å². The Morgan fingerprint density at radius 3 is 2.66 bits per heavy atom. The molecule has 188 valence electrons. The second-order valence-electron chi connectivity index (χ2n) is 10.8. The summed E-state index contributed by atoms with van der Waals surface area (Å²) in [6.07, 6.45) is 7.63. The number of sulfonamides is 1. The fourth-order valence-electron chi connectivity index (χ4n) is 4.28. The summed E-state index contributed by atoms with van der Waals surface area (Å²) in [5.74, 6) is 0. The Labute approximate surface area is 208 Å². The Morgan fingerprint density at radius 2 is 2.00 bits per heavy atom. The number of hydrogen-bond donors (Lipinski definition) is 0. The van der Waals surface area contributed by atoms with Crippen LogP contribution in [0.15, 0.2) is 36.9 Å². The highest BCUT2D eigenvalue weighted by Crippen LogP contribution is 2.37. The zero-order chi connectivity index (χ0) is 25.4. The molecule has 1 saturated heterocycles. The van der Waals surface area contributed by atoms with E-state index in [4.69, 9.17) is 4.74 Å². The summed E-state index contributed by atoms with van der Waals surface area (Å²) in [4.78, 5) is 4.57. The molecular weight excluding hydrogens is 480 g/mol. The van der Waals surface area contributed by atoms with E-state index in [0.29, 0.717) is 6.73 Å². The Morgan fingerprint density at radius 1 is 1.26 bits per heavy atom. The normalized spacial score (nSPS) is 16.5. The third-order valence-corrected chi connectivity index (χ3v) is 10.4. The fraction of sp³-hybridized carbons (Fsp3) is 0.542. The quantitative estimate of drug-likeness (QED) is 0.300. The van der Waals surface area contributed by atoms with Crippen molar-refractivity contribution in [2.75, 3.05) is 19.7 Å². The summed E-state index contributed by atoms with van der Waals surface area (Å²) < 4.78 is 36.2. The van der Waals surface area contributed by atoms with Crippen molar-refractivity contribution < 1.29 is 13.2 Å². The molecule has 9 nitrogen and oxygen atoms in total. The van der Waals surface area contributed by atoms with Crippen molar-refractivity contribution in [3.8, 4) is 17.2 Å². The molecule has 11 heteroatoms. The van der Waals surface area contributed by atoms with E-state index < -0.39 is 28.9 Å². The van der Waals surface area contributed by atoms with Crippen LogP contribution in [0.25, 0.3) is 22.2 Å². The largest absolute Gasteiger partial charge is 0.361 e. The molecule has 1 aliphatic rings. The van der Waals surface area contributed by atoms with Crippen LogP contribution in [-0.4, -0.2) is 65.1 Å². The lowest BCUT2D eigenvalue weighted by Crippen LogP contribution is -2.65. The summed E-state index contributed by atoms with van der Waals surface area (Å²) in [5, 5.41) is 14.5. The number of pyridine rings is 1. The molecule has 0 N–H and O–H groups in total. The van der Waals surface area contributed by atoms with Gasteiger partial charge in [0.2, 0.25) is 10.0 Å². The van der Waals surface area contributed by atoms with Crippen molar-refractivity contribution >= 4 is 29.1 Å². The molecular formula is C24H34N6O3SSi. The lowest BCUT2D eigenvalue weighted by molar-refractivity contribution is 0.0711. The van der Waals surface area contributed by atoms with Crippen LogP contribution >= 0.6 is 0 Å². The Hall–Kier alpha value is -2.52. The van der Waals surface area contributed by atoms with Crippen LogP contribution < -0.4 is 0 Å². The first-order valence-electron chi connectivity index (χ1n) is 11.9. The third-order valence-electron chi connectivity index (χ3n) is 6.57. The van der Waals surface area contributed by atoms with Crippen LogP contribution in [0, 0.1) is 11.3 Å². The van der Waals surface area contributed by atoms with Gasteiger partial charge in [0.05, 0.1) is 23.9 Å². The molecule has 0 bridgehead atoms. The molecule has 1 aliphatic heterocycles. The topological polar surface area (TPSA) is 106 Å². The predicted octanol–water partition coefficient (Wildman–Crippen LogP) is 3.87. The molecule has 1 fully saturated rings. The standard InChI is InChI=1S/C24H34N6O3SSi/c1-19(2)34(31,32)29-16-24(17-29,8-9-25)30-15-20(14-27-30)21-6-10-26-23-22(21)7-11-28(23)18-33-12-13-35(3,4)5/h6-7,10-11,14-15,19H,8,12-13,16-18H2,1-5H3. The van der Waals surface area contributed by atoms with Crippen LogP contribution in [0.2, 0.25) is 25.7 Å². The van der Waals surface area contributed by atoms with Crippen molar-refractivity contribution in [1.29, 1.82) is 5.26 Å². The lowest BCUT2D eigenvalue weighted by atomic mass is 9.89. The molecule has 0 radical (unpaired) electrons. The molecule has 0 saturated carbocycles. The van der Waals surface area contributed by atoms with Crippen LogP contribution in [-0.2, 0) is 27.0 Å². The van der Waals surface area contributed by atoms with E-state index in [1.54, 1.807) is 30.9 Å². The second-order valence-corrected chi connectivity index (χ2v) is 18.9. The summed E-state index contributed by atoms with van der Waals surface area (Å²) in [6.45, 7) is 12.0. The van der Waals surface area contributed by atoms with E-state index in [2.05, 4.69) is 35.8 Å². The first-order chi connectivity index (χ1) is 16.5. The Balaban J connectivity index is 1.55. The summed E-state index contributed by atoms with van der Waals surface area (Å²) in [6, 6.07) is 7.32. The predicted molar refractivity (Wildman–Crippen MR) is 139 cm³/mol. The van der Waals surface area contributed by atoms with Gasteiger partial charge in [0.15, 0.2) is 0 Å². The molecule has 4 heterocycles. The molecule has 3 aromatic heterocycles. The minimum absolute atomic E-state index is 0.190. The first kappa shape index (κ1) is 25.6. The maximum Gasteiger partial charge on any atom is 0.216 e. The lowest BCUT2D eigenvalue weighted by Gasteiger charge is -2.48. The third kappa shape index (κ3) is 5.07.